The molecular weight excluding hydrogens is 148 g/mol. The highest BCUT2D eigenvalue weighted by molar-refractivity contribution is 5.86. The van der Waals surface area contributed by atoms with Crippen LogP contribution in [0.3, 0.4) is 0 Å². The van der Waals surface area contributed by atoms with E-state index in [2.05, 4.69) is 35.9 Å². The average molecular weight is 158 g/mol. The van der Waals surface area contributed by atoms with E-state index in [4.69, 9.17) is 0 Å². The quantitative estimate of drug-likeness (QED) is 0.615. The van der Waals surface area contributed by atoms with Gasteiger partial charge < -0.3 is 5.32 Å². The van der Waals surface area contributed by atoms with Gasteiger partial charge in [0.15, 0.2) is 0 Å². The number of nitrogens with one attached hydrogen (secondary N) is 1. The van der Waals surface area contributed by atoms with Crippen molar-refractivity contribution in [1.82, 2.24) is 5.32 Å². The first-order valence-corrected chi connectivity index (χ1v) is 3.86. The molecule has 2 rings (SSSR count). The van der Waals surface area contributed by atoms with E-state index in [1.165, 1.54) is 5.56 Å². The minimum Gasteiger partial charge on any atom is -0.346 e. The Bertz CT molecular complexity index is 364. The maximum atomic E-state index is 4.19. The second-order valence-electron chi connectivity index (χ2n) is 2.90. The van der Waals surface area contributed by atoms with Crippen molar-refractivity contribution >= 4 is 17.7 Å². The third-order valence-corrected chi connectivity index (χ3v) is 1.92. The second kappa shape index (κ2) is 2.48. The molecule has 0 spiro atoms. The molecule has 0 atom stereocenters. The monoisotopic (exact) mass is 158 g/mol. The van der Waals surface area contributed by atoms with Gasteiger partial charge in [-0.05, 0) is 19.1 Å². The number of aliphatic imine (C=N–C) groups is 1. The number of benzene rings is 1. The first kappa shape index (κ1) is 7.10. The van der Waals surface area contributed by atoms with Gasteiger partial charge in [-0.15, -0.1) is 0 Å². The molecule has 60 valence electrons. The van der Waals surface area contributed by atoms with E-state index in [0.29, 0.717) is 0 Å². The van der Waals surface area contributed by atoms with Crippen LogP contribution in [-0.2, 0) is 0 Å². The molecule has 1 aromatic rings. The summed E-state index contributed by atoms with van der Waals surface area (Å²) in [7, 11) is 0. The average Bonchev–Trinajstić information content (AvgIpc) is 2.07. The summed E-state index contributed by atoms with van der Waals surface area (Å²) in [5, 5.41) is 2.98. The normalized spacial score (nSPS) is 13.9. The maximum Gasteiger partial charge on any atom is 0.0930 e. The lowest BCUT2D eigenvalue weighted by Gasteiger charge is -2.13. The van der Waals surface area contributed by atoms with E-state index in [1.54, 1.807) is 6.34 Å². The van der Waals surface area contributed by atoms with E-state index in [-0.39, 0.29) is 0 Å². The molecule has 0 fully saturated rings. The van der Waals surface area contributed by atoms with E-state index in [1.807, 2.05) is 6.07 Å². The van der Waals surface area contributed by atoms with E-state index < -0.39 is 0 Å². The van der Waals surface area contributed by atoms with Gasteiger partial charge in [-0.3, -0.25) is 0 Å². The van der Waals surface area contributed by atoms with Crippen LogP contribution in [0.5, 0.6) is 0 Å². The van der Waals surface area contributed by atoms with E-state index in [9.17, 15) is 0 Å². The van der Waals surface area contributed by atoms with Crippen molar-refractivity contribution in [3.05, 3.63) is 35.9 Å². The Morgan fingerprint density at radius 3 is 3.08 bits per heavy atom. The lowest BCUT2D eigenvalue weighted by Crippen LogP contribution is -2.12. The second-order valence-corrected chi connectivity index (χ2v) is 2.90. The molecule has 0 aromatic heterocycles. The fraction of sp³-hybridized carbons (Fsp3) is 0.100. The smallest absolute Gasteiger partial charge is 0.0930 e. The summed E-state index contributed by atoms with van der Waals surface area (Å²) in [5.74, 6) is 0. The molecule has 2 nitrogen and oxygen atoms in total. The lowest BCUT2D eigenvalue weighted by atomic mass is 10.1. The number of aryl methyl sites for hydroxylation is 1. The van der Waals surface area contributed by atoms with Crippen molar-refractivity contribution in [3.63, 3.8) is 0 Å². The maximum absolute atomic E-state index is 4.19. The standard InChI is InChI=1S/C10H10N2/c1-7-3-4-10-9(5-7)8(2)11-6-12-10/h3-6H,2H2,1H3,(H,11,12). The highest BCUT2D eigenvalue weighted by Gasteiger charge is 2.07. The van der Waals surface area contributed by atoms with Gasteiger partial charge in [0.25, 0.3) is 0 Å². The molecule has 0 saturated carbocycles. The van der Waals surface area contributed by atoms with Crippen LogP contribution in [0.4, 0.5) is 5.69 Å². The molecule has 0 saturated heterocycles. The van der Waals surface area contributed by atoms with Gasteiger partial charge in [0.05, 0.1) is 12.0 Å². The topological polar surface area (TPSA) is 24.4 Å². The van der Waals surface area contributed by atoms with Crippen molar-refractivity contribution in [2.45, 2.75) is 6.92 Å². The van der Waals surface area contributed by atoms with Gasteiger partial charge in [-0.2, -0.15) is 0 Å². The number of hydrogen-bond donors (Lipinski definition) is 1. The Kier molecular flexibility index (Phi) is 1.47. The molecule has 1 heterocycles. The highest BCUT2D eigenvalue weighted by atomic mass is 15.0. The summed E-state index contributed by atoms with van der Waals surface area (Å²) in [6.45, 7) is 5.96. The first-order valence-electron chi connectivity index (χ1n) is 3.86. The van der Waals surface area contributed by atoms with Gasteiger partial charge in [0.2, 0.25) is 0 Å². The third-order valence-electron chi connectivity index (χ3n) is 1.92. The Hall–Kier alpha value is -1.57. The summed E-state index contributed by atoms with van der Waals surface area (Å²) < 4.78 is 0. The fourth-order valence-corrected chi connectivity index (χ4v) is 1.26. The van der Waals surface area contributed by atoms with Crippen LogP contribution in [-0.4, -0.2) is 6.34 Å². The number of fused-ring (bicyclic) bond motifs is 1. The Morgan fingerprint density at radius 1 is 1.42 bits per heavy atom. The number of rotatable bonds is 0. The molecule has 12 heavy (non-hydrogen) atoms. The van der Waals surface area contributed by atoms with Crippen LogP contribution >= 0.6 is 0 Å². The molecule has 0 unspecified atom stereocenters. The Balaban J connectivity index is 2.63. The van der Waals surface area contributed by atoms with Crippen molar-refractivity contribution < 1.29 is 0 Å². The molecule has 1 aliphatic rings. The predicted octanol–water partition coefficient (Wildman–Crippen LogP) is 2.23. The molecule has 1 N–H and O–H groups in total. The highest BCUT2D eigenvalue weighted by Crippen LogP contribution is 2.26. The molecule has 0 bridgehead atoms. The summed E-state index contributed by atoms with van der Waals surface area (Å²) in [6.07, 6.45) is 1.67. The lowest BCUT2D eigenvalue weighted by molar-refractivity contribution is 1.26. The summed E-state index contributed by atoms with van der Waals surface area (Å²) in [6, 6.07) is 6.14. The first-order chi connectivity index (χ1) is 5.77. The van der Waals surface area contributed by atoms with Crippen molar-refractivity contribution in [2.24, 2.45) is 4.99 Å². The molecule has 2 heteroatoms. The van der Waals surface area contributed by atoms with Crippen LogP contribution in [0.2, 0.25) is 0 Å². The van der Waals surface area contributed by atoms with Gasteiger partial charge in [0.1, 0.15) is 0 Å². The largest absolute Gasteiger partial charge is 0.346 e. The van der Waals surface area contributed by atoms with E-state index >= 15 is 0 Å². The molecule has 0 aliphatic carbocycles. The molecule has 0 radical (unpaired) electrons. The predicted molar refractivity (Wildman–Crippen MR) is 51.5 cm³/mol. The van der Waals surface area contributed by atoms with Gasteiger partial charge in [-0.1, -0.05) is 18.2 Å². The van der Waals surface area contributed by atoms with Crippen LogP contribution in [0, 0.1) is 6.92 Å². The number of hydrogen-bond acceptors (Lipinski definition) is 2. The number of nitrogens with zero attached hydrogens (tertiary/aromatic N) is 1. The summed E-state index contributed by atoms with van der Waals surface area (Å²) in [5.41, 5.74) is 4.24. The Morgan fingerprint density at radius 2 is 2.25 bits per heavy atom. The Labute approximate surface area is 71.6 Å². The fourth-order valence-electron chi connectivity index (χ4n) is 1.26. The molecule has 1 aromatic carbocycles. The SMILES string of the molecule is C=C1NC=Nc2ccc(C)cc21. The van der Waals surface area contributed by atoms with Crippen LogP contribution in [0.25, 0.3) is 5.70 Å². The van der Waals surface area contributed by atoms with Crippen molar-refractivity contribution in [1.29, 1.82) is 0 Å². The van der Waals surface area contributed by atoms with Crippen molar-refractivity contribution in [3.8, 4) is 0 Å². The summed E-state index contributed by atoms with van der Waals surface area (Å²) >= 11 is 0. The molecule has 0 amide bonds. The van der Waals surface area contributed by atoms with Gasteiger partial charge in [0, 0.05) is 11.3 Å². The van der Waals surface area contributed by atoms with Gasteiger partial charge in [-0.25, -0.2) is 4.99 Å². The zero-order valence-corrected chi connectivity index (χ0v) is 6.96. The minimum absolute atomic E-state index is 0.920. The third kappa shape index (κ3) is 1.01. The molecular formula is C10H10N2. The van der Waals surface area contributed by atoms with Crippen LogP contribution in [0.1, 0.15) is 11.1 Å². The van der Waals surface area contributed by atoms with Crippen LogP contribution < -0.4 is 5.32 Å². The van der Waals surface area contributed by atoms with Crippen molar-refractivity contribution in [2.75, 3.05) is 0 Å². The van der Waals surface area contributed by atoms with Crippen LogP contribution in [0.15, 0.2) is 29.8 Å². The minimum atomic E-state index is 0.920. The van der Waals surface area contributed by atoms with Gasteiger partial charge >= 0.3 is 0 Å². The van der Waals surface area contributed by atoms with E-state index in [0.717, 1.165) is 16.9 Å². The molecule has 1 aliphatic heterocycles. The zero-order chi connectivity index (χ0) is 8.55. The zero-order valence-electron chi connectivity index (χ0n) is 6.96. The summed E-state index contributed by atoms with van der Waals surface area (Å²) in [4.78, 5) is 4.19.